The van der Waals surface area contributed by atoms with E-state index in [1.54, 1.807) is 30.3 Å². The van der Waals surface area contributed by atoms with E-state index in [1.165, 1.54) is 0 Å². The van der Waals surface area contributed by atoms with Gasteiger partial charge < -0.3 is 10.4 Å². The van der Waals surface area contributed by atoms with Gasteiger partial charge in [-0.2, -0.15) is 0 Å². The maximum atomic E-state index is 13.0. The molecule has 25 heavy (non-hydrogen) atoms. The van der Waals surface area contributed by atoms with Crippen molar-refractivity contribution in [3.05, 3.63) is 35.9 Å². The van der Waals surface area contributed by atoms with Crippen molar-refractivity contribution in [2.45, 2.75) is 36.6 Å². The summed E-state index contributed by atoms with van der Waals surface area (Å²) in [7, 11) is -3.71. The van der Waals surface area contributed by atoms with E-state index in [4.69, 9.17) is 0 Å². The number of nitrogens with one attached hydrogen (secondary N) is 2. The molecule has 4 rings (SSSR count). The van der Waals surface area contributed by atoms with E-state index in [0.29, 0.717) is 28.4 Å². The number of amides is 1. The van der Waals surface area contributed by atoms with Crippen molar-refractivity contribution in [2.75, 3.05) is 11.9 Å². The number of sulfonamides is 1. The maximum absolute atomic E-state index is 13.0. The highest BCUT2D eigenvalue weighted by atomic mass is 32.2. The molecular formula is C18H20N2O4S. The van der Waals surface area contributed by atoms with Crippen molar-refractivity contribution >= 4 is 32.4 Å². The Balaban J connectivity index is 1.72. The molecule has 2 aliphatic rings. The number of benzene rings is 2. The van der Waals surface area contributed by atoms with Crippen LogP contribution >= 0.6 is 0 Å². The van der Waals surface area contributed by atoms with Crippen LogP contribution in [0.25, 0.3) is 10.8 Å². The Morgan fingerprint density at radius 3 is 2.84 bits per heavy atom. The molecule has 1 aliphatic heterocycles. The highest BCUT2D eigenvalue weighted by molar-refractivity contribution is 7.89. The van der Waals surface area contributed by atoms with Gasteiger partial charge in [0.2, 0.25) is 10.0 Å². The van der Waals surface area contributed by atoms with E-state index in [2.05, 4.69) is 10.0 Å². The van der Waals surface area contributed by atoms with Crippen LogP contribution < -0.4 is 10.0 Å². The number of hydrogen-bond donors (Lipinski definition) is 3. The summed E-state index contributed by atoms with van der Waals surface area (Å²) < 4.78 is 28.7. The van der Waals surface area contributed by atoms with E-state index < -0.39 is 10.0 Å². The molecule has 7 heteroatoms. The molecule has 0 unspecified atom stereocenters. The van der Waals surface area contributed by atoms with Crippen molar-refractivity contribution in [1.82, 2.24) is 4.72 Å². The van der Waals surface area contributed by atoms with Gasteiger partial charge >= 0.3 is 0 Å². The predicted molar refractivity (Wildman–Crippen MR) is 95.1 cm³/mol. The highest BCUT2D eigenvalue weighted by Gasteiger charge is 2.29. The van der Waals surface area contributed by atoms with E-state index in [1.807, 2.05) is 0 Å². The first-order valence-corrected chi connectivity index (χ1v) is 9.98. The van der Waals surface area contributed by atoms with Crippen LogP contribution in [0.15, 0.2) is 35.2 Å². The molecule has 2 atom stereocenters. The zero-order chi connectivity index (χ0) is 17.6. The molecule has 1 fully saturated rings. The molecule has 1 amide bonds. The van der Waals surface area contributed by atoms with Gasteiger partial charge in [-0.1, -0.05) is 18.6 Å². The lowest BCUT2D eigenvalue weighted by atomic mass is 9.87. The van der Waals surface area contributed by atoms with Gasteiger partial charge in [0.15, 0.2) is 0 Å². The second kappa shape index (κ2) is 6.09. The van der Waals surface area contributed by atoms with Gasteiger partial charge in [-0.05, 0) is 43.4 Å². The fourth-order valence-electron chi connectivity index (χ4n) is 3.94. The van der Waals surface area contributed by atoms with E-state index in [0.717, 1.165) is 19.3 Å². The number of aliphatic hydroxyl groups excluding tert-OH is 1. The van der Waals surface area contributed by atoms with Gasteiger partial charge in [-0.25, -0.2) is 13.1 Å². The van der Waals surface area contributed by atoms with Gasteiger partial charge in [0.1, 0.15) is 0 Å². The van der Waals surface area contributed by atoms with Gasteiger partial charge in [0, 0.05) is 34.7 Å². The first kappa shape index (κ1) is 16.5. The number of carbonyl (C=O) groups excluding carboxylic acids is 1. The number of aliphatic hydroxyl groups is 1. The lowest BCUT2D eigenvalue weighted by molar-refractivity contribution is 0.103. The van der Waals surface area contributed by atoms with Gasteiger partial charge in [0.05, 0.1) is 4.90 Å². The first-order valence-electron chi connectivity index (χ1n) is 8.50. The summed E-state index contributed by atoms with van der Waals surface area (Å²) in [6.45, 7) is 0.0903. The molecule has 0 aromatic heterocycles. The zero-order valence-corrected chi connectivity index (χ0v) is 14.5. The molecule has 132 valence electrons. The minimum Gasteiger partial charge on any atom is -0.396 e. The molecular weight excluding hydrogens is 340 g/mol. The topological polar surface area (TPSA) is 95.5 Å². The summed E-state index contributed by atoms with van der Waals surface area (Å²) in [5.41, 5.74) is 1.15. The lowest BCUT2D eigenvalue weighted by Gasteiger charge is -2.28. The monoisotopic (exact) mass is 360 g/mol. The molecule has 2 aromatic carbocycles. The molecule has 1 saturated carbocycles. The van der Waals surface area contributed by atoms with Gasteiger partial charge in [-0.3, -0.25) is 4.79 Å². The molecule has 1 heterocycles. The number of hydrogen-bond acceptors (Lipinski definition) is 4. The second-order valence-corrected chi connectivity index (χ2v) is 8.51. The third-order valence-electron chi connectivity index (χ3n) is 5.15. The zero-order valence-electron chi connectivity index (χ0n) is 13.7. The van der Waals surface area contributed by atoms with Crippen molar-refractivity contribution in [3.63, 3.8) is 0 Å². The van der Waals surface area contributed by atoms with Crippen molar-refractivity contribution < 1.29 is 18.3 Å². The summed E-state index contributed by atoms with van der Waals surface area (Å²) in [5.74, 6) is -0.0581. The lowest BCUT2D eigenvalue weighted by Crippen LogP contribution is -2.39. The van der Waals surface area contributed by atoms with E-state index in [9.17, 15) is 18.3 Å². The molecule has 6 nitrogen and oxygen atoms in total. The highest BCUT2D eigenvalue weighted by Crippen LogP contribution is 2.36. The summed E-state index contributed by atoms with van der Waals surface area (Å²) in [6, 6.07) is 8.15. The third kappa shape index (κ3) is 2.82. The summed E-state index contributed by atoms with van der Waals surface area (Å²) >= 11 is 0. The van der Waals surface area contributed by atoms with Gasteiger partial charge in [-0.15, -0.1) is 0 Å². The number of carbonyl (C=O) groups is 1. The minimum atomic E-state index is -3.71. The molecule has 0 radical (unpaired) electrons. The Morgan fingerprint density at radius 1 is 1.20 bits per heavy atom. The van der Waals surface area contributed by atoms with Crippen molar-refractivity contribution in [1.29, 1.82) is 0 Å². The van der Waals surface area contributed by atoms with E-state index in [-0.39, 0.29) is 29.4 Å². The van der Waals surface area contributed by atoms with Crippen LogP contribution in [0.3, 0.4) is 0 Å². The maximum Gasteiger partial charge on any atom is 0.256 e. The van der Waals surface area contributed by atoms with Crippen LogP contribution in [-0.4, -0.2) is 32.1 Å². The number of anilines is 1. The Morgan fingerprint density at radius 2 is 2.04 bits per heavy atom. The Labute approximate surface area is 146 Å². The SMILES string of the molecule is O=C1Nc2ccc(S(=O)(=O)N[C@@H]3CCC[C@@H](CO)C3)c3cccc1c23. The summed E-state index contributed by atoms with van der Waals surface area (Å²) in [4.78, 5) is 12.2. The molecule has 3 N–H and O–H groups in total. The number of rotatable bonds is 4. The largest absolute Gasteiger partial charge is 0.396 e. The standard InChI is InChI=1S/C18H20N2O4S/c21-10-11-3-1-4-12(9-11)20-25(23,24)16-8-7-15-17-13(16)5-2-6-14(17)18(22)19-15/h2,5-8,11-12,20-21H,1,3-4,9-10H2,(H,19,22)/t11-,12-/m1/s1. The minimum absolute atomic E-state index is 0.0903. The van der Waals surface area contributed by atoms with Crippen LogP contribution in [-0.2, 0) is 10.0 Å². The average molecular weight is 360 g/mol. The fourth-order valence-corrected chi connectivity index (χ4v) is 5.43. The van der Waals surface area contributed by atoms with Crippen LogP contribution in [0.1, 0.15) is 36.0 Å². The van der Waals surface area contributed by atoms with Crippen LogP contribution in [0.5, 0.6) is 0 Å². The molecule has 0 spiro atoms. The fraction of sp³-hybridized carbons (Fsp3) is 0.389. The Bertz CT molecular complexity index is 955. The smallest absolute Gasteiger partial charge is 0.256 e. The Kier molecular flexibility index (Phi) is 4.02. The van der Waals surface area contributed by atoms with Gasteiger partial charge in [0.25, 0.3) is 5.91 Å². The van der Waals surface area contributed by atoms with Crippen molar-refractivity contribution in [2.24, 2.45) is 5.92 Å². The summed E-state index contributed by atoms with van der Waals surface area (Å²) in [6.07, 6.45) is 3.26. The molecule has 2 aromatic rings. The van der Waals surface area contributed by atoms with Crippen LogP contribution in [0, 0.1) is 5.92 Å². The third-order valence-corrected chi connectivity index (χ3v) is 6.72. The normalized spacial score (nSPS) is 23.0. The average Bonchev–Trinajstić information content (AvgIpc) is 2.93. The molecule has 0 saturated heterocycles. The van der Waals surface area contributed by atoms with E-state index >= 15 is 0 Å². The van der Waals surface area contributed by atoms with Crippen LogP contribution in [0.4, 0.5) is 5.69 Å². The van der Waals surface area contributed by atoms with Crippen molar-refractivity contribution in [3.8, 4) is 0 Å². The quantitative estimate of drug-likeness (QED) is 0.779. The molecule has 1 aliphatic carbocycles. The molecule has 0 bridgehead atoms. The van der Waals surface area contributed by atoms with Crippen LogP contribution in [0.2, 0.25) is 0 Å². The Hall–Kier alpha value is -1.96. The predicted octanol–water partition coefficient (Wildman–Crippen LogP) is 2.23. The summed E-state index contributed by atoms with van der Waals surface area (Å²) in [5, 5.41) is 13.3. The first-order chi connectivity index (χ1) is 12.0. The second-order valence-electron chi connectivity index (χ2n) is 6.83.